The average molecular weight is 785 g/mol. The third kappa shape index (κ3) is 5.87. The SMILES string of the molecule is CC(C)(C)c1ccc(N(c2ccc3c(c2)N(c2cccc4ccccc24)c2cc(C(C)(C)C)cc4c2B3c2c(oc3c2CCCC3)S4)c2cccc3ccccc23)cc1. The van der Waals surface area contributed by atoms with Crippen LogP contribution < -0.4 is 26.2 Å². The first-order chi connectivity index (χ1) is 28.5. The molecule has 0 fully saturated rings. The van der Waals surface area contributed by atoms with Crippen LogP contribution in [0.25, 0.3) is 21.5 Å². The van der Waals surface area contributed by atoms with Crippen molar-refractivity contribution in [3.8, 4) is 0 Å². The van der Waals surface area contributed by atoms with Gasteiger partial charge in [0.05, 0.1) is 11.4 Å². The zero-order valence-electron chi connectivity index (χ0n) is 34.9. The van der Waals surface area contributed by atoms with Gasteiger partial charge in [0, 0.05) is 44.8 Å². The molecule has 5 heteroatoms. The van der Waals surface area contributed by atoms with E-state index < -0.39 is 0 Å². The number of nitrogens with zero attached hydrogens (tertiary/aromatic N) is 2. The predicted octanol–water partition coefficient (Wildman–Crippen LogP) is 13.3. The minimum absolute atomic E-state index is 0.0507. The van der Waals surface area contributed by atoms with Crippen LogP contribution in [0, 0.1) is 0 Å². The van der Waals surface area contributed by atoms with E-state index in [4.69, 9.17) is 4.42 Å². The minimum atomic E-state index is -0.0544. The van der Waals surface area contributed by atoms with Crippen molar-refractivity contribution >= 4 is 90.5 Å². The van der Waals surface area contributed by atoms with E-state index in [-0.39, 0.29) is 17.5 Å². The smallest absolute Gasteiger partial charge is 0.254 e. The van der Waals surface area contributed by atoms with Crippen molar-refractivity contribution in [2.75, 3.05) is 9.80 Å². The van der Waals surface area contributed by atoms with Gasteiger partial charge in [-0.3, -0.25) is 0 Å². The Hall–Kier alpha value is -5.65. The first-order valence-electron chi connectivity index (χ1n) is 21.3. The summed E-state index contributed by atoms with van der Waals surface area (Å²) in [7, 11) is 0. The van der Waals surface area contributed by atoms with Gasteiger partial charge >= 0.3 is 0 Å². The molecule has 0 unspecified atom stereocenters. The van der Waals surface area contributed by atoms with Crippen molar-refractivity contribution in [3.05, 3.63) is 162 Å². The number of furan rings is 1. The summed E-state index contributed by atoms with van der Waals surface area (Å²) in [5.41, 5.74) is 15.4. The topological polar surface area (TPSA) is 19.6 Å². The summed E-state index contributed by atoms with van der Waals surface area (Å²) >= 11 is 1.85. The van der Waals surface area contributed by atoms with Gasteiger partial charge in [0.1, 0.15) is 5.76 Å². The number of hydrogen-bond donors (Lipinski definition) is 0. The first kappa shape index (κ1) is 36.4. The molecule has 59 heavy (non-hydrogen) atoms. The van der Waals surface area contributed by atoms with Crippen LogP contribution in [-0.4, -0.2) is 6.71 Å². The molecule has 7 aromatic carbocycles. The van der Waals surface area contributed by atoms with E-state index in [9.17, 15) is 0 Å². The highest BCUT2D eigenvalue weighted by atomic mass is 32.2. The van der Waals surface area contributed by atoms with Gasteiger partial charge in [-0.1, -0.05) is 144 Å². The van der Waals surface area contributed by atoms with Crippen LogP contribution in [-0.2, 0) is 23.7 Å². The Bertz CT molecular complexity index is 2960. The summed E-state index contributed by atoms with van der Waals surface area (Å²) in [5.74, 6) is 1.20. The lowest BCUT2D eigenvalue weighted by Gasteiger charge is -2.41. The minimum Gasteiger partial charge on any atom is -0.455 e. The lowest BCUT2D eigenvalue weighted by Crippen LogP contribution is -2.60. The van der Waals surface area contributed by atoms with E-state index in [1.807, 2.05) is 11.8 Å². The number of rotatable bonds is 4. The van der Waals surface area contributed by atoms with Crippen LogP contribution >= 0.6 is 11.8 Å². The molecule has 2 aliphatic heterocycles. The number of aryl methyl sites for hydroxylation is 1. The molecule has 3 heterocycles. The fraction of sp³-hybridized carbons (Fsp3) is 0.222. The normalized spacial score (nSPS) is 14.5. The molecular formula is C54H49BN2OS. The van der Waals surface area contributed by atoms with Crippen LogP contribution in [0.3, 0.4) is 0 Å². The highest BCUT2D eigenvalue weighted by Crippen LogP contribution is 2.49. The van der Waals surface area contributed by atoms with Gasteiger partial charge in [-0.2, -0.15) is 0 Å². The Balaban J connectivity index is 1.22. The molecule has 0 saturated carbocycles. The number of fused-ring (bicyclic) bond motifs is 8. The Morgan fingerprint density at radius 3 is 2.00 bits per heavy atom. The van der Waals surface area contributed by atoms with Gasteiger partial charge in [-0.05, 0) is 122 Å². The second-order valence-electron chi connectivity index (χ2n) is 18.8. The lowest BCUT2D eigenvalue weighted by molar-refractivity contribution is 0.416. The summed E-state index contributed by atoms with van der Waals surface area (Å²) in [6.07, 6.45) is 4.50. The molecule has 0 N–H and O–H groups in total. The molecule has 0 spiro atoms. The first-order valence-corrected chi connectivity index (χ1v) is 22.2. The predicted molar refractivity (Wildman–Crippen MR) is 252 cm³/mol. The van der Waals surface area contributed by atoms with E-state index in [2.05, 4.69) is 191 Å². The second kappa shape index (κ2) is 13.4. The van der Waals surface area contributed by atoms with E-state index in [0.717, 1.165) is 35.0 Å². The van der Waals surface area contributed by atoms with E-state index >= 15 is 0 Å². The van der Waals surface area contributed by atoms with Gasteiger partial charge < -0.3 is 14.2 Å². The second-order valence-corrected chi connectivity index (χ2v) is 19.8. The molecule has 1 aliphatic carbocycles. The van der Waals surface area contributed by atoms with Gasteiger partial charge in [0.25, 0.3) is 6.71 Å². The van der Waals surface area contributed by atoms with Crippen molar-refractivity contribution in [1.82, 2.24) is 0 Å². The Morgan fingerprint density at radius 1 is 0.576 bits per heavy atom. The average Bonchev–Trinajstić information content (AvgIpc) is 3.61. The van der Waals surface area contributed by atoms with Crippen LogP contribution in [0.2, 0.25) is 0 Å². The quantitative estimate of drug-likeness (QED) is 0.166. The summed E-state index contributed by atoms with van der Waals surface area (Å²) < 4.78 is 6.88. The molecular weight excluding hydrogens is 735 g/mol. The van der Waals surface area contributed by atoms with Crippen molar-refractivity contribution in [2.24, 2.45) is 0 Å². The maximum Gasteiger partial charge on any atom is 0.254 e. The molecule has 0 radical (unpaired) electrons. The zero-order valence-corrected chi connectivity index (χ0v) is 35.7. The zero-order chi connectivity index (χ0) is 40.2. The monoisotopic (exact) mass is 784 g/mol. The van der Waals surface area contributed by atoms with Gasteiger partial charge in [0.2, 0.25) is 0 Å². The molecule has 11 rings (SSSR count). The largest absolute Gasteiger partial charge is 0.455 e. The van der Waals surface area contributed by atoms with Crippen LogP contribution in [0.4, 0.5) is 34.1 Å². The number of hydrogen-bond acceptors (Lipinski definition) is 4. The van der Waals surface area contributed by atoms with Crippen LogP contribution in [0.5, 0.6) is 0 Å². The molecule has 8 aromatic rings. The molecule has 1 aromatic heterocycles. The molecule has 0 atom stereocenters. The fourth-order valence-corrected chi connectivity index (χ4v) is 11.1. The van der Waals surface area contributed by atoms with Crippen molar-refractivity contribution in [3.63, 3.8) is 0 Å². The Labute approximate surface area is 353 Å². The lowest BCUT2D eigenvalue weighted by atomic mass is 9.34. The molecule has 0 saturated heterocycles. The number of benzene rings is 7. The number of anilines is 6. The molecule has 3 nitrogen and oxygen atoms in total. The summed E-state index contributed by atoms with van der Waals surface area (Å²) in [4.78, 5) is 6.39. The Kier molecular flexibility index (Phi) is 8.30. The third-order valence-electron chi connectivity index (χ3n) is 13.0. The van der Waals surface area contributed by atoms with Crippen molar-refractivity contribution in [2.45, 2.75) is 88.0 Å². The fourth-order valence-electron chi connectivity index (χ4n) is 9.94. The molecule has 3 aliphatic rings. The van der Waals surface area contributed by atoms with Gasteiger partial charge in [-0.25, -0.2) is 0 Å². The van der Waals surface area contributed by atoms with E-state index in [1.165, 1.54) is 95.2 Å². The maximum absolute atomic E-state index is 6.88. The van der Waals surface area contributed by atoms with Crippen LogP contribution in [0.1, 0.15) is 76.8 Å². The highest BCUT2D eigenvalue weighted by Gasteiger charge is 2.46. The molecule has 290 valence electrons. The Morgan fingerprint density at radius 2 is 1.24 bits per heavy atom. The summed E-state index contributed by atoms with van der Waals surface area (Å²) in [5, 5.41) is 6.03. The summed E-state index contributed by atoms with van der Waals surface area (Å²) in [6.45, 7) is 14.0. The summed E-state index contributed by atoms with van der Waals surface area (Å²) in [6, 6.07) is 52.7. The van der Waals surface area contributed by atoms with Crippen LogP contribution in [0.15, 0.2) is 154 Å². The van der Waals surface area contributed by atoms with Gasteiger partial charge in [-0.15, -0.1) is 0 Å². The molecule has 0 bridgehead atoms. The molecule has 0 amide bonds. The maximum atomic E-state index is 6.88. The van der Waals surface area contributed by atoms with Crippen molar-refractivity contribution < 1.29 is 4.42 Å². The highest BCUT2D eigenvalue weighted by molar-refractivity contribution is 8.00. The third-order valence-corrected chi connectivity index (χ3v) is 14.1. The standard InChI is InChI=1S/C54H49BN2OS/c1-53(2,3)36-25-27-38(28-26-36)56(44-22-13-17-34-15-7-9-19-40(34)44)39-29-30-43-46(33-39)57(45-23-14-18-35-16-8-10-20-41(35)45)47-31-37(54(4,5)6)32-49-51(47)55(43)50-42-21-11-12-24-48(42)58-52(50)59-49/h7-10,13-20,22-23,25-33H,11-12,21,24H2,1-6H3. The van der Waals surface area contributed by atoms with Gasteiger partial charge in [0.15, 0.2) is 5.09 Å². The van der Waals surface area contributed by atoms with E-state index in [0.29, 0.717) is 0 Å². The van der Waals surface area contributed by atoms with E-state index in [1.54, 1.807) is 0 Å². The van der Waals surface area contributed by atoms with Crippen molar-refractivity contribution in [1.29, 1.82) is 0 Å².